The van der Waals surface area contributed by atoms with Crippen LogP contribution in [0.5, 0.6) is 0 Å². The monoisotopic (exact) mass is 311 g/mol. The fourth-order valence-electron chi connectivity index (χ4n) is 2.42. The van der Waals surface area contributed by atoms with Crippen molar-refractivity contribution in [3.8, 4) is 0 Å². The van der Waals surface area contributed by atoms with E-state index in [0.717, 1.165) is 18.2 Å². The van der Waals surface area contributed by atoms with Gasteiger partial charge in [0.25, 0.3) is 5.69 Å². The molecule has 22 heavy (non-hydrogen) atoms. The minimum Gasteiger partial charge on any atom is -0.450 e. The van der Waals surface area contributed by atoms with Gasteiger partial charge in [0, 0.05) is 31.3 Å². The highest BCUT2D eigenvalue weighted by molar-refractivity contribution is 5.68. The number of amides is 1. The molecule has 0 aliphatic carbocycles. The molecule has 1 aliphatic rings. The second-order valence-corrected chi connectivity index (χ2v) is 5.02. The number of hydrogen-bond acceptors (Lipinski definition) is 5. The van der Waals surface area contributed by atoms with E-state index in [1.165, 1.54) is 0 Å². The van der Waals surface area contributed by atoms with Gasteiger partial charge in [0.05, 0.1) is 11.5 Å². The Labute approximate surface area is 127 Å². The highest BCUT2D eigenvalue weighted by Gasteiger charge is 2.25. The van der Waals surface area contributed by atoms with E-state index in [2.05, 4.69) is 5.32 Å². The van der Waals surface area contributed by atoms with Gasteiger partial charge in [0.2, 0.25) is 0 Å². The summed E-state index contributed by atoms with van der Waals surface area (Å²) in [7, 11) is 0. The number of benzene rings is 1. The van der Waals surface area contributed by atoms with Crippen LogP contribution in [0.4, 0.5) is 20.6 Å². The normalized spacial score (nSPS) is 15.5. The van der Waals surface area contributed by atoms with E-state index in [9.17, 15) is 19.3 Å². The first-order valence-corrected chi connectivity index (χ1v) is 7.13. The van der Waals surface area contributed by atoms with Gasteiger partial charge in [0.15, 0.2) is 0 Å². The van der Waals surface area contributed by atoms with Crippen molar-refractivity contribution < 1.29 is 18.8 Å². The first-order chi connectivity index (χ1) is 10.5. The number of carbonyl (C=O) groups excluding carboxylic acids is 1. The minimum absolute atomic E-state index is 0.0498. The molecule has 0 unspecified atom stereocenters. The van der Waals surface area contributed by atoms with Crippen molar-refractivity contribution in [3.05, 3.63) is 34.1 Å². The van der Waals surface area contributed by atoms with E-state index in [1.54, 1.807) is 11.8 Å². The van der Waals surface area contributed by atoms with Crippen molar-refractivity contribution in [2.45, 2.75) is 25.8 Å². The summed E-state index contributed by atoms with van der Waals surface area (Å²) in [5.41, 5.74) is 0.00815. The third-order valence-electron chi connectivity index (χ3n) is 3.54. The SMILES string of the molecule is CCOC(=O)N1CCC(Nc2cc(F)ccc2[N+](=O)[O-])CC1. The summed E-state index contributed by atoms with van der Waals surface area (Å²) in [5.74, 6) is -0.531. The molecule has 1 N–H and O–H groups in total. The maximum atomic E-state index is 13.3. The first kappa shape index (κ1) is 16.0. The van der Waals surface area contributed by atoms with Crippen molar-refractivity contribution in [1.29, 1.82) is 0 Å². The number of nitro benzene ring substituents is 1. The average Bonchev–Trinajstić information content (AvgIpc) is 2.48. The zero-order valence-corrected chi connectivity index (χ0v) is 12.3. The van der Waals surface area contributed by atoms with Crippen LogP contribution in [0.2, 0.25) is 0 Å². The van der Waals surface area contributed by atoms with Gasteiger partial charge >= 0.3 is 6.09 Å². The van der Waals surface area contributed by atoms with Gasteiger partial charge in [-0.15, -0.1) is 0 Å². The molecular weight excluding hydrogens is 293 g/mol. The average molecular weight is 311 g/mol. The Hall–Kier alpha value is -2.38. The Morgan fingerprint density at radius 1 is 1.50 bits per heavy atom. The highest BCUT2D eigenvalue weighted by Crippen LogP contribution is 2.27. The molecule has 2 rings (SSSR count). The summed E-state index contributed by atoms with van der Waals surface area (Å²) < 4.78 is 18.2. The molecule has 1 heterocycles. The predicted octanol–water partition coefficient (Wildman–Crippen LogP) is 2.77. The van der Waals surface area contributed by atoms with Crippen LogP contribution in [0.15, 0.2) is 18.2 Å². The van der Waals surface area contributed by atoms with Crippen LogP contribution in [0.25, 0.3) is 0 Å². The first-order valence-electron chi connectivity index (χ1n) is 7.13. The molecule has 0 aromatic heterocycles. The van der Waals surface area contributed by atoms with Crippen LogP contribution >= 0.6 is 0 Å². The van der Waals surface area contributed by atoms with Gasteiger partial charge in [-0.3, -0.25) is 10.1 Å². The number of carbonyl (C=O) groups is 1. The lowest BCUT2D eigenvalue weighted by atomic mass is 10.0. The van der Waals surface area contributed by atoms with E-state index in [4.69, 9.17) is 4.74 Å². The molecule has 1 amide bonds. The van der Waals surface area contributed by atoms with E-state index in [-0.39, 0.29) is 23.5 Å². The molecule has 0 radical (unpaired) electrons. The van der Waals surface area contributed by atoms with Gasteiger partial charge in [0.1, 0.15) is 11.5 Å². The van der Waals surface area contributed by atoms with Gasteiger partial charge in [-0.1, -0.05) is 0 Å². The molecule has 120 valence electrons. The zero-order valence-electron chi connectivity index (χ0n) is 12.3. The Morgan fingerprint density at radius 2 is 2.18 bits per heavy atom. The van der Waals surface area contributed by atoms with Crippen LogP contribution in [0.1, 0.15) is 19.8 Å². The number of nitrogens with one attached hydrogen (secondary N) is 1. The summed E-state index contributed by atoms with van der Waals surface area (Å²) in [5, 5.41) is 14.0. The minimum atomic E-state index is -0.546. The third-order valence-corrected chi connectivity index (χ3v) is 3.54. The van der Waals surface area contributed by atoms with Crippen molar-refractivity contribution in [1.82, 2.24) is 4.90 Å². The smallest absolute Gasteiger partial charge is 0.409 e. The van der Waals surface area contributed by atoms with E-state index >= 15 is 0 Å². The molecule has 7 nitrogen and oxygen atoms in total. The maximum Gasteiger partial charge on any atom is 0.409 e. The Morgan fingerprint density at radius 3 is 2.77 bits per heavy atom. The van der Waals surface area contributed by atoms with Gasteiger partial charge in [-0.05, 0) is 25.8 Å². The summed E-state index contributed by atoms with van der Waals surface area (Å²) in [6, 6.07) is 3.28. The fourth-order valence-corrected chi connectivity index (χ4v) is 2.42. The molecule has 1 fully saturated rings. The number of halogens is 1. The molecule has 1 aliphatic heterocycles. The van der Waals surface area contributed by atoms with Crippen molar-refractivity contribution >= 4 is 17.5 Å². The molecule has 1 aromatic carbocycles. The van der Waals surface area contributed by atoms with Crippen LogP contribution in [0.3, 0.4) is 0 Å². The largest absolute Gasteiger partial charge is 0.450 e. The fraction of sp³-hybridized carbons (Fsp3) is 0.500. The Kier molecular flexibility index (Phi) is 5.13. The number of nitrogens with zero attached hydrogens (tertiary/aromatic N) is 2. The van der Waals surface area contributed by atoms with Gasteiger partial charge in [-0.25, -0.2) is 9.18 Å². The number of piperidine rings is 1. The zero-order chi connectivity index (χ0) is 16.1. The van der Waals surface area contributed by atoms with Crippen molar-refractivity contribution in [2.75, 3.05) is 25.0 Å². The van der Waals surface area contributed by atoms with E-state index in [0.29, 0.717) is 32.5 Å². The lowest BCUT2D eigenvalue weighted by Gasteiger charge is -2.32. The number of likely N-dealkylation sites (tertiary alicyclic amines) is 1. The van der Waals surface area contributed by atoms with Gasteiger partial charge in [-0.2, -0.15) is 0 Å². The number of rotatable bonds is 4. The number of ether oxygens (including phenoxy) is 1. The summed E-state index contributed by atoms with van der Waals surface area (Å²) in [6.45, 7) is 3.07. The quantitative estimate of drug-likeness (QED) is 0.682. The molecule has 0 bridgehead atoms. The van der Waals surface area contributed by atoms with E-state index in [1.807, 2.05) is 0 Å². The highest BCUT2D eigenvalue weighted by atomic mass is 19.1. The maximum absolute atomic E-state index is 13.3. The standard InChI is InChI=1S/C14H18FN3O4/c1-2-22-14(19)17-7-5-11(6-8-17)16-12-9-10(15)3-4-13(12)18(20)21/h3-4,9,11,16H,2,5-8H2,1H3. The van der Waals surface area contributed by atoms with Gasteiger partial charge < -0.3 is 15.0 Å². The second kappa shape index (κ2) is 7.06. The summed E-state index contributed by atoms with van der Waals surface area (Å²) in [6.07, 6.45) is 0.886. The lowest BCUT2D eigenvalue weighted by Crippen LogP contribution is -2.42. The molecular formula is C14H18FN3O4. The van der Waals surface area contributed by atoms with Crippen molar-refractivity contribution in [3.63, 3.8) is 0 Å². The summed E-state index contributed by atoms with van der Waals surface area (Å²) >= 11 is 0. The summed E-state index contributed by atoms with van der Waals surface area (Å²) in [4.78, 5) is 23.6. The predicted molar refractivity (Wildman–Crippen MR) is 78.3 cm³/mol. The van der Waals surface area contributed by atoms with E-state index < -0.39 is 10.7 Å². The molecule has 1 saturated heterocycles. The Balaban J connectivity index is 1.98. The second-order valence-electron chi connectivity index (χ2n) is 5.02. The van der Waals surface area contributed by atoms with Crippen LogP contribution < -0.4 is 5.32 Å². The molecule has 8 heteroatoms. The number of anilines is 1. The lowest BCUT2D eigenvalue weighted by molar-refractivity contribution is -0.384. The Bertz CT molecular complexity index is 559. The molecule has 0 atom stereocenters. The van der Waals surface area contributed by atoms with Crippen molar-refractivity contribution in [2.24, 2.45) is 0 Å². The number of hydrogen-bond donors (Lipinski definition) is 1. The van der Waals surface area contributed by atoms with Crippen LogP contribution in [0, 0.1) is 15.9 Å². The topological polar surface area (TPSA) is 84.7 Å². The van der Waals surface area contributed by atoms with Crippen LogP contribution in [-0.2, 0) is 4.74 Å². The molecule has 1 aromatic rings. The third kappa shape index (κ3) is 3.84. The molecule has 0 spiro atoms. The van der Waals surface area contributed by atoms with Crippen LogP contribution in [-0.4, -0.2) is 41.7 Å². The number of nitro groups is 1. The molecule has 0 saturated carbocycles.